The van der Waals surface area contributed by atoms with Crippen LogP contribution in [0.3, 0.4) is 0 Å². The minimum atomic E-state index is -0.394. The number of methoxy groups -OCH3 is 1. The predicted molar refractivity (Wildman–Crippen MR) is 48.7 cm³/mol. The third-order valence-corrected chi connectivity index (χ3v) is 2.17. The van der Waals surface area contributed by atoms with E-state index in [1.165, 1.54) is 7.11 Å². The Morgan fingerprint density at radius 2 is 2.27 bits per heavy atom. The van der Waals surface area contributed by atoms with Crippen LogP contribution in [0.5, 0.6) is 0 Å². The molecule has 0 aliphatic heterocycles. The van der Waals surface area contributed by atoms with Crippen LogP contribution in [-0.4, -0.2) is 17.9 Å². The number of carbonyl (C=O) groups is 1. The first-order valence-corrected chi connectivity index (χ1v) is 4.09. The van der Waals surface area contributed by atoms with E-state index in [9.17, 15) is 4.79 Å². The molecule has 62 valence electrons. The molecule has 0 bridgehead atoms. The number of allylic oxidation sites excluding steroid dienone is 2. The molecule has 3 heteroatoms. The van der Waals surface area contributed by atoms with Crippen molar-refractivity contribution in [1.82, 2.24) is 0 Å². The monoisotopic (exact) mass is 218 g/mol. The lowest BCUT2D eigenvalue weighted by Crippen LogP contribution is -2.16. The fourth-order valence-electron chi connectivity index (χ4n) is 0.607. The smallest absolute Gasteiger partial charge is 0.323 e. The summed E-state index contributed by atoms with van der Waals surface area (Å²) in [5.74, 6) is -0.307. The molecule has 0 aromatic heterocycles. The topological polar surface area (TPSA) is 26.3 Å². The van der Waals surface area contributed by atoms with E-state index in [-0.39, 0.29) is 5.97 Å². The average Bonchev–Trinajstić information content (AvgIpc) is 2.05. The van der Waals surface area contributed by atoms with Crippen LogP contribution < -0.4 is 0 Å². The van der Waals surface area contributed by atoms with Crippen molar-refractivity contribution in [1.29, 1.82) is 0 Å². The molecule has 0 amide bonds. The molecule has 0 spiro atoms. The summed E-state index contributed by atoms with van der Waals surface area (Å²) in [6, 6.07) is 0. The first-order chi connectivity index (χ1) is 5.17. The van der Waals surface area contributed by atoms with Gasteiger partial charge in [-0.1, -0.05) is 34.7 Å². The summed E-state index contributed by atoms with van der Waals surface area (Å²) in [7, 11) is 1.35. The molecule has 0 N–H and O–H groups in total. The first-order valence-electron chi connectivity index (χ1n) is 3.18. The summed E-state index contributed by atoms with van der Waals surface area (Å²) in [4.78, 5) is 10.5. The molecular formula is C8H11BrO2. The van der Waals surface area contributed by atoms with Gasteiger partial charge in [-0.15, -0.1) is 0 Å². The Balaban J connectivity index is 4.33. The molecule has 0 aromatic carbocycles. The van der Waals surface area contributed by atoms with E-state index in [1.807, 2.05) is 13.0 Å². The van der Waals surface area contributed by atoms with Gasteiger partial charge in [-0.05, 0) is 12.5 Å². The molecule has 0 aliphatic rings. The number of carbonyl (C=O) groups excluding carboxylic acids is 1. The zero-order chi connectivity index (χ0) is 8.85. The van der Waals surface area contributed by atoms with Crippen LogP contribution in [0.1, 0.15) is 6.92 Å². The van der Waals surface area contributed by atoms with Crippen molar-refractivity contribution in [2.75, 3.05) is 7.11 Å². The Morgan fingerprint density at radius 1 is 1.73 bits per heavy atom. The first kappa shape index (κ1) is 10.4. The number of halogens is 1. The summed E-state index contributed by atoms with van der Waals surface area (Å²) < 4.78 is 4.52. The van der Waals surface area contributed by atoms with Gasteiger partial charge in [-0.3, -0.25) is 4.79 Å². The van der Waals surface area contributed by atoms with Gasteiger partial charge in [0.1, 0.15) is 4.83 Å². The maximum Gasteiger partial charge on any atom is 0.323 e. The summed E-state index contributed by atoms with van der Waals surface area (Å²) in [5, 5.41) is 0. The van der Waals surface area contributed by atoms with Crippen LogP contribution >= 0.6 is 15.9 Å². The van der Waals surface area contributed by atoms with Crippen LogP contribution in [0.15, 0.2) is 24.3 Å². The number of ether oxygens (including phenoxy) is 1. The SMILES string of the molecule is C=C/C(=C\C)C(Br)C(=O)OC. The quantitative estimate of drug-likeness (QED) is 0.412. The Kier molecular flexibility index (Phi) is 4.86. The van der Waals surface area contributed by atoms with E-state index in [4.69, 9.17) is 0 Å². The Hall–Kier alpha value is -0.570. The highest BCUT2D eigenvalue weighted by Crippen LogP contribution is 2.14. The lowest BCUT2D eigenvalue weighted by atomic mass is 10.2. The van der Waals surface area contributed by atoms with Crippen LogP contribution in [0.2, 0.25) is 0 Å². The maximum absolute atomic E-state index is 10.9. The second kappa shape index (κ2) is 5.13. The van der Waals surface area contributed by atoms with E-state index < -0.39 is 4.83 Å². The molecule has 2 nitrogen and oxygen atoms in total. The van der Waals surface area contributed by atoms with Crippen LogP contribution in [0.25, 0.3) is 0 Å². The minimum absolute atomic E-state index is 0.307. The lowest BCUT2D eigenvalue weighted by Gasteiger charge is -2.06. The summed E-state index contributed by atoms with van der Waals surface area (Å²) in [6.45, 7) is 5.41. The summed E-state index contributed by atoms with van der Waals surface area (Å²) in [6.07, 6.45) is 3.43. The largest absolute Gasteiger partial charge is 0.468 e. The molecular weight excluding hydrogens is 208 g/mol. The number of hydrogen-bond acceptors (Lipinski definition) is 2. The predicted octanol–water partition coefficient (Wildman–Crippen LogP) is 2.06. The molecule has 11 heavy (non-hydrogen) atoms. The number of hydrogen-bond donors (Lipinski definition) is 0. The van der Waals surface area contributed by atoms with Crippen molar-refractivity contribution in [3.63, 3.8) is 0 Å². The van der Waals surface area contributed by atoms with Crippen molar-refractivity contribution in [2.24, 2.45) is 0 Å². The second-order valence-corrected chi connectivity index (χ2v) is 2.79. The molecule has 0 aliphatic carbocycles. The maximum atomic E-state index is 10.9. The van der Waals surface area contributed by atoms with Crippen molar-refractivity contribution in [2.45, 2.75) is 11.8 Å². The summed E-state index contributed by atoms with van der Waals surface area (Å²) >= 11 is 3.18. The van der Waals surface area contributed by atoms with E-state index in [0.717, 1.165) is 5.57 Å². The molecule has 0 saturated heterocycles. The molecule has 0 radical (unpaired) electrons. The zero-order valence-corrected chi connectivity index (χ0v) is 8.22. The highest BCUT2D eigenvalue weighted by Gasteiger charge is 2.16. The van der Waals surface area contributed by atoms with Gasteiger partial charge in [0.25, 0.3) is 0 Å². The number of alkyl halides is 1. The lowest BCUT2D eigenvalue weighted by molar-refractivity contribution is -0.139. The van der Waals surface area contributed by atoms with Crippen molar-refractivity contribution < 1.29 is 9.53 Å². The van der Waals surface area contributed by atoms with E-state index in [0.29, 0.717) is 0 Å². The fraction of sp³-hybridized carbons (Fsp3) is 0.375. The van der Waals surface area contributed by atoms with Crippen LogP contribution in [0.4, 0.5) is 0 Å². The van der Waals surface area contributed by atoms with Gasteiger partial charge in [0.2, 0.25) is 0 Å². The van der Waals surface area contributed by atoms with Crippen molar-refractivity contribution in [3.05, 3.63) is 24.3 Å². The second-order valence-electron chi connectivity index (χ2n) is 1.88. The minimum Gasteiger partial charge on any atom is -0.468 e. The Bertz CT molecular complexity index is 185. The third kappa shape index (κ3) is 2.89. The van der Waals surface area contributed by atoms with Gasteiger partial charge in [0.05, 0.1) is 7.11 Å². The van der Waals surface area contributed by atoms with Gasteiger partial charge in [0, 0.05) is 0 Å². The average molecular weight is 219 g/mol. The van der Waals surface area contributed by atoms with E-state index in [1.54, 1.807) is 6.08 Å². The molecule has 0 rings (SSSR count). The molecule has 0 saturated carbocycles. The Labute approximate surface area is 75.1 Å². The molecule has 1 unspecified atom stereocenters. The highest BCUT2D eigenvalue weighted by molar-refractivity contribution is 9.10. The Morgan fingerprint density at radius 3 is 2.55 bits per heavy atom. The van der Waals surface area contributed by atoms with Crippen molar-refractivity contribution >= 4 is 21.9 Å². The van der Waals surface area contributed by atoms with Gasteiger partial charge in [-0.25, -0.2) is 0 Å². The van der Waals surface area contributed by atoms with Gasteiger partial charge < -0.3 is 4.74 Å². The zero-order valence-electron chi connectivity index (χ0n) is 6.63. The van der Waals surface area contributed by atoms with Gasteiger partial charge >= 0.3 is 5.97 Å². The number of rotatable bonds is 3. The highest BCUT2D eigenvalue weighted by atomic mass is 79.9. The van der Waals surface area contributed by atoms with Crippen LogP contribution in [0, 0.1) is 0 Å². The van der Waals surface area contributed by atoms with E-state index >= 15 is 0 Å². The third-order valence-electron chi connectivity index (χ3n) is 1.27. The van der Waals surface area contributed by atoms with Gasteiger partial charge in [0.15, 0.2) is 0 Å². The fourth-order valence-corrected chi connectivity index (χ4v) is 1.25. The van der Waals surface area contributed by atoms with Crippen LogP contribution in [-0.2, 0) is 9.53 Å². The summed E-state index contributed by atoms with van der Waals surface area (Å²) in [5.41, 5.74) is 0.817. The molecule has 0 fully saturated rings. The normalized spacial score (nSPS) is 13.9. The molecule has 0 aromatic rings. The molecule has 1 atom stereocenters. The molecule has 0 heterocycles. The number of esters is 1. The van der Waals surface area contributed by atoms with Crippen molar-refractivity contribution in [3.8, 4) is 0 Å². The standard InChI is InChI=1S/C8H11BrO2/c1-4-6(5-2)7(9)8(10)11-3/h4-5,7H,1H2,2-3H3/b6-5+. The van der Waals surface area contributed by atoms with E-state index in [2.05, 4.69) is 27.2 Å². The van der Waals surface area contributed by atoms with Gasteiger partial charge in [-0.2, -0.15) is 0 Å².